The van der Waals surface area contributed by atoms with Gasteiger partial charge in [-0.2, -0.15) is 0 Å². The third kappa shape index (κ3) is 1.95. The first kappa shape index (κ1) is 10.4. The molecule has 2 heterocycles. The zero-order valence-corrected chi connectivity index (χ0v) is 9.01. The normalized spacial score (nSPS) is 25.3. The molecule has 0 bridgehead atoms. The van der Waals surface area contributed by atoms with E-state index in [0.717, 1.165) is 0 Å². The van der Waals surface area contributed by atoms with E-state index in [1.165, 1.54) is 17.5 Å². The smallest absolute Gasteiger partial charge is 0.326 e. The van der Waals surface area contributed by atoms with E-state index in [4.69, 9.17) is 16.7 Å². The highest BCUT2D eigenvalue weighted by Gasteiger charge is 2.39. The van der Waals surface area contributed by atoms with E-state index in [1.807, 2.05) is 0 Å². The van der Waals surface area contributed by atoms with Gasteiger partial charge in [0.15, 0.2) is 0 Å². The average Bonchev–Trinajstić information content (AvgIpc) is 2.71. The van der Waals surface area contributed by atoms with Crippen molar-refractivity contribution >= 4 is 34.8 Å². The first-order valence-electron chi connectivity index (χ1n) is 4.21. The lowest BCUT2D eigenvalue weighted by molar-refractivity contribution is -0.140. The minimum absolute atomic E-state index is 0.154. The van der Waals surface area contributed by atoms with E-state index in [0.29, 0.717) is 9.34 Å². The fourth-order valence-electron chi connectivity index (χ4n) is 1.55. The number of rotatable bonds is 2. The van der Waals surface area contributed by atoms with E-state index < -0.39 is 17.9 Å². The summed E-state index contributed by atoms with van der Waals surface area (Å²) in [6, 6.07) is -0.889. The van der Waals surface area contributed by atoms with Crippen molar-refractivity contribution in [1.82, 2.24) is 10.3 Å². The molecule has 2 rings (SSSR count). The Morgan fingerprint density at radius 2 is 2.47 bits per heavy atom. The zero-order valence-electron chi connectivity index (χ0n) is 7.44. The average molecular weight is 247 g/mol. The van der Waals surface area contributed by atoms with Crippen molar-refractivity contribution in [2.45, 2.75) is 18.4 Å². The summed E-state index contributed by atoms with van der Waals surface area (Å²) in [5.41, 5.74) is 0. The Morgan fingerprint density at radius 3 is 3.00 bits per heavy atom. The van der Waals surface area contributed by atoms with E-state index in [2.05, 4.69) is 10.3 Å². The van der Waals surface area contributed by atoms with Crippen LogP contribution in [0.3, 0.4) is 0 Å². The fourth-order valence-corrected chi connectivity index (χ4v) is 2.62. The molecule has 1 aromatic heterocycles. The Morgan fingerprint density at radius 1 is 1.73 bits per heavy atom. The second kappa shape index (κ2) is 3.79. The molecule has 15 heavy (non-hydrogen) atoms. The Kier molecular flexibility index (Phi) is 2.62. The minimum atomic E-state index is -1.04. The van der Waals surface area contributed by atoms with Gasteiger partial charge < -0.3 is 10.4 Å². The van der Waals surface area contributed by atoms with Crippen molar-refractivity contribution in [2.75, 3.05) is 0 Å². The first-order valence-corrected chi connectivity index (χ1v) is 5.41. The second-order valence-electron chi connectivity index (χ2n) is 3.20. The summed E-state index contributed by atoms with van der Waals surface area (Å²) in [6.07, 6.45) is 1.62. The Bertz CT molecular complexity index is 420. The monoisotopic (exact) mass is 246 g/mol. The Labute approximate surface area is 94.1 Å². The lowest BCUT2D eigenvalue weighted by Gasteiger charge is -2.10. The van der Waals surface area contributed by atoms with Crippen molar-refractivity contribution in [3.8, 4) is 0 Å². The predicted molar refractivity (Wildman–Crippen MR) is 54.0 cm³/mol. The van der Waals surface area contributed by atoms with Crippen LogP contribution < -0.4 is 5.32 Å². The van der Waals surface area contributed by atoms with E-state index >= 15 is 0 Å². The topological polar surface area (TPSA) is 79.3 Å². The zero-order chi connectivity index (χ0) is 11.0. The van der Waals surface area contributed by atoms with Crippen LogP contribution in [-0.4, -0.2) is 28.0 Å². The van der Waals surface area contributed by atoms with Crippen LogP contribution in [0.15, 0.2) is 6.20 Å². The molecule has 80 valence electrons. The number of nitrogens with one attached hydrogen (secondary N) is 1. The van der Waals surface area contributed by atoms with Crippen LogP contribution in [0, 0.1) is 0 Å². The molecule has 0 spiro atoms. The lowest BCUT2D eigenvalue weighted by atomic mass is 10.0. The highest BCUT2D eigenvalue weighted by atomic mass is 35.5. The van der Waals surface area contributed by atoms with Gasteiger partial charge >= 0.3 is 5.97 Å². The third-order valence-electron chi connectivity index (χ3n) is 2.20. The van der Waals surface area contributed by atoms with E-state index in [1.54, 1.807) is 0 Å². The minimum Gasteiger partial charge on any atom is -0.480 e. The number of aromatic nitrogens is 1. The standard InChI is InChI=1S/C8H7ClN2O3S/c9-4-2-10-7(15-4)3-1-5(12)11-6(3)8(13)14/h2-3,6H,1H2,(H,11,12)(H,13,14). The van der Waals surface area contributed by atoms with Crippen molar-refractivity contribution in [1.29, 1.82) is 0 Å². The Balaban J connectivity index is 2.27. The van der Waals surface area contributed by atoms with Gasteiger partial charge in [-0.1, -0.05) is 11.6 Å². The van der Waals surface area contributed by atoms with Crippen LogP contribution in [-0.2, 0) is 9.59 Å². The van der Waals surface area contributed by atoms with Crippen LogP contribution in [0.4, 0.5) is 0 Å². The molecule has 1 aromatic rings. The molecule has 1 fully saturated rings. The highest BCUT2D eigenvalue weighted by Crippen LogP contribution is 2.33. The molecule has 2 atom stereocenters. The molecule has 2 unspecified atom stereocenters. The summed E-state index contributed by atoms with van der Waals surface area (Å²) in [6.45, 7) is 0. The molecule has 5 nitrogen and oxygen atoms in total. The number of hydrogen-bond acceptors (Lipinski definition) is 4. The van der Waals surface area contributed by atoms with Crippen LogP contribution >= 0.6 is 22.9 Å². The van der Waals surface area contributed by atoms with Crippen molar-refractivity contribution in [3.63, 3.8) is 0 Å². The number of hydrogen-bond donors (Lipinski definition) is 2. The van der Waals surface area contributed by atoms with Crippen LogP contribution in [0.25, 0.3) is 0 Å². The maximum atomic E-state index is 11.1. The molecule has 0 radical (unpaired) electrons. The number of carbonyl (C=O) groups is 2. The molecule has 1 amide bonds. The maximum absolute atomic E-state index is 11.1. The Hall–Kier alpha value is -1.14. The molecule has 0 aliphatic carbocycles. The van der Waals surface area contributed by atoms with Gasteiger partial charge in [0.2, 0.25) is 5.91 Å². The number of halogens is 1. The molecule has 1 aliphatic rings. The first-order chi connectivity index (χ1) is 7.08. The SMILES string of the molecule is O=C1CC(c2ncc(Cl)s2)C(C(=O)O)N1. The van der Waals surface area contributed by atoms with Crippen LogP contribution in [0.2, 0.25) is 4.34 Å². The molecule has 7 heteroatoms. The van der Waals surface area contributed by atoms with Crippen molar-refractivity contribution < 1.29 is 14.7 Å². The predicted octanol–water partition coefficient (Wildman–Crippen LogP) is 0.853. The van der Waals surface area contributed by atoms with Gasteiger partial charge in [0.05, 0.1) is 12.1 Å². The van der Waals surface area contributed by atoms with E-state index in [-0.39, 0.29) is 12.3 Å². The quantitative estimate of drug-likeness (QED) is 0.811. The van der Waals surface area contributed by atoms with E-state index in [9.17, 15) is 9.59 Å². The van der Waals surface area contributed by atoms with Gasteiger partial charge in [-0.05, 0) is 0 Å². The molecule has 0 saturated carbocycles. The van der Waals surface area contributed by atoms with Crippen LogP contribution in [0.5, 0.6) is 0 Å². The number of carboxylic acid groups (broad SMARTS) is 1. The summed E-state index contributed by atoms with van der Waals surface area (Å²) in [5.74, 6) is -1.72. The summed E-state index contributed by atoms with van der Waals surface area (Å²) >= 11 is 6.91. The summed E-state index contributed by atoms with van der Waals surface area (Å²) in [7, 11) is 0. The third-order valence-corrected chi connectivity index (χ3v) is 3.45. The van der Waals surface area contributed by atoms with Crippen molar-refractivity contribution in [3.05, 3.63) is 15.5 Å². The lowest BCUT2D eigenvalue weighted by Crippen LogP contribution is -2.35. The maximum Gasteiger partial charge on any atom is 0.326 e. The number of aliphatic carboxylic acids is 1. The van der Waals surface area contributed by atoms with Gasteiger partial charge in [-0.3, -0.25) is 4.79 Å². The second-order valence-corrected chi connectivity index (χ2v) is 4.89. The fraction of sp³-hybridized carbons (Fsp3) is 0.375. The number of nitrogens with zero attached hydrogens (tertiary/aromatic N) is 1. The molecule has 1 aliphatic heterocycles. The number of amides is 1. The van der Waals surface area contributed by atoms with Crippen molar-refractivity contribution in [2.24, 2.45) is 0 Å². The van der Waals surface area contributed by atoms with Gasteiger partial charge in [0, 0.05) is 6.42 Å². The van der Waals surface area contributed by atoms with Gasteiger partial charge in [0.1, 0.15) is 15.4 Å². The molecule has 1 saturated heterocycles. The number of carbonyl (C=O) groups excluding carboxylic acids is 1. The number of thiazole rings is 1. The van der Waals surface area contributed by atoms with Gasteiger partial charge in [-0.25, -0.2) is 9.78 Å². The summed E-state index contributed by atoms with van der Waals surface area (Å²) in [4.78, 5) is 26.0. The largest absolute Gasteiger partial charge is 0.480 e. The molecule has 0 aromatic carbocycles. The molecular weight excluding hydrogens is 240 g/mol. The number of carboxylic acids is 1. The van der Waals surface area contributed by atoms with Gasteiger partial charge in [-0.15, -0.1) is 11.3 Å². The molecular formula is C8H7ClN2O3S. The van der Waals surface area contributed by atoms with Crippen LogP contribution in [0.1, 0.15) is 17.3 Å². The van der Waals surface area contributed by atoms with Gasteiger partial charge in [0.25, 0.3) is 0 Å². The highest BCUT2D eigenvalue weighted by molar-refractivity contribution is 7.15. The summed E-state index contributed by atoms with van der Waals surface area (Å²) in [5, 5.41) is 11.9. The summed E-state index contributed by atoms with van der Waals surface area (Å²) < 4.78 is 0.494. The molecule has 2 N–H and O–H groups in total.